The number of hydrogen-bond donors (Lipinski definition) is 1. The molecule has 2 aliphatic rings. The molecule has 0 aliphatic heterocycles. The highest BCUT2D eigenvalue weighted by Crippen LogP contribution is 2.28. The fourth-order valence-electron chi connectivity index (χ4n) is 3.36. The van der Waals surface area contributed by atoms with Crippen molar-refractivity contribution in [1.82, 2.24) is 0 Å². The molecule has 138 valence electrons. The Hall–Kier alpha value is -1.55. The third-order valence-electron chi connectivity index (χ3n) is 4.96. The zero-order valence-electron chi connectivity index (χ0n) is 14.7. The number of halogens is 1. The molecule has 0 saturated heterocycles. The highest BCUT2D eigenvalue weighted by Gasteiger charge is 2.26. The van der Waals surface area contributed by atoms with Crippen LogP contribution in [-0.4, -0.2) is 17.3 Å². The summed E-state index contributed by atoms with van der Waals surface area (Å²) in [5.74, 6) is 0.624. The first kappa shape index (κ1) is 19.8. The molecule has 3 rings (SSSR count). The van der Waals surface area contributed by atoms with E-state index in [2.05, 4.69) is 0 Å². The topological polar surface area (TPSA) is 69.4 Å². The molecule has 0 bridgehead atoms. The number of nitrogens with two attached hydrogens (primary N) is 1. The minimum atomic E-state index is -0.116. The van der Waals surface area contributed by atoms with Gasteiger partial charge < -0.3 is 10.5 Å². The molecular formula is C20H28ClNO3. The van der Waals surface area contributed by atoms with E-state index in [1.807, 2.05) is 18.2 Å². The van der Waals surface area contributed by atoms with Crippen molar-refractivity contribution in [2.24, 2.45) is 17.6 Å². The van der Waals surface area contributed by atoms with Crippen molar-refractivity contribution >= 4 is 23.5 Å². The van der Waals surface area contributed by atoms with Gasteiger partial charge in [0.15, 0.2) is 0 Å². The second kappa shape index (κ2) is 10.4. The summed E-state index contributed by atoms with van der Waals surface area (Å²) in [6.07, 6.45) is 9.22. The van der Waals surface area contributed by atoms with E-state index in [4.69, 9.17) is 22.1 Å². The lowest BCUT2D eigenvalue weighted by molar-refractivity contribution is -0.139. The minimum Gasteiger partial charge on any atom is -0.426 e. The van der Waals surface area contributed by atoms with Gasteiger partial charge in [-0.2, -0.15) is 0 Å². The molecule has 1 aromatic rings. The van der Waals surface area contributed by atoms with E-state index in [9.17, 15) is 9.59 Å². The number of amides is 1. The van der Waals surface area contributed by atoms with Crippen molar-refractivity contribution in [3.8, 4) is 5.75 Å². The Morgan fingerprint density at radius 3 is 2.00 bits per heavy atom. The largest absolute Gasteiger partial charge is 0.426 e. The molecule has 0 spiro atoms. The van der Waals surface area contributed by atoms with Crippen LogP contribution in [-0.2, 0) is 9.59 Å². The first-order valence-electron chi connectivity index (χ1n) is 9.26. The molecule has 1 amide bonds. The Kier molecular flexibility index (Phi) is 8.26. The Morgan fingerprint density at radius 2 is 1.48 bits per heavy atom. The van der Waals surface area contributed by atoms with Crippen LogP contribution in [0.1, 0.15) is 57.8 Å². The number of ether oxygens (including phenoxy) is 1. The summed E-state index contributed by atoms with van der Waals surface area (Å²) in [5, 5.41) is 0.237. The molecule has 5 heteroatoms. The van der Waals surface area contributed by atoms with E-state index in [0.717, 1.165) is 38.5 Å². The van der Waals surface area contributed by atoms with Gasteiger partial charge >= 0.3 is 5.97 Å². The molecule has 25 heavy (non-hydrogen) atoms. The van der Waals surface area contributed by atoms with Gasteiger partial charge in [-0.15, -0.1) is 11.6 Å². The van der Waals surface area contributed by atoms with Gasteiger partial charge in [0.1, 0.15) is 5.75 Å². The Balaban J connectivity index is 0.000000212. The highest BCUT2D eigenvalue weighted by atomic mass is 35.5. The summed E-state index contributed by atoms with van der Waals surface area (Å²) in [6.45, 7) is 0. The zero-order valence-corrected chi connectivity index (χ0v) is 15.4. The summed E-state index contributed by atoms with van der Waals surface area (Å²) in [6, 6.07) is 9.21. The van der Waals surface area contributed by atoms with Crippen LogP contribution in [0.2, 0.25) is 0 Å². The van der Waals surface area contributed by atoms with Crippen LogP contribution < -0.4 is 10.5 Å². The van der Waals surface area contributed by atoms with E-state index in [0.29, 0.717) is 5.75 Å². The molecule has 0 atom stereocenters. The van der Waals surface area contributed by atoms with Gasteiger partial charge in [-0.1, -0.05) is 37.5 Å². The SMILES string of the molecule is NC(=O)C1CCCCC1.O=C(Oc1ccccc1)C1CCC(Cl)CC1. The molecule has 0 unspecified atom stereocenters. The lowest BCUT2D eigenvalue weighted by Gasteiger charge is -2.23. The lowest BCUT2D eigenvalue weighted by Crippen LogP contribution is -2.25. The average Bonchev–Trinajstić information content (AvgIpc) is 2.64. The van der Waals surface area contributed by atoms with E-state index in [1.54, 1.807) is 12.1 Å². The number of carbonyl (C=O) groups excluding carboxylic acids is 2. The van der Waals surface area contributed by atoms with E-state index >= 15 is 0 Å². The number of benzene rings is 1. The lowest BCUT2D eigenvalue weighted by atomic mass is 9.89. The molecule has 2 saturated carbocycles. The minimum absolute atomic E-state index is 0.0233. The van der Waals surface area contributed by atoms with Crippen molar-refractivity contribution in [3.05, 3.63) is 30.3 Å². The number of esters is 1. The summed E-state index contributed by atoms with van der Waals surface area (Å²) >= 11 is 5.99. The summed E-state index contributed by atoms with van der Waals surface area (Å²) in [7, 11) is 0. The maximum absolute atomic E-state index is 11.8. The normalized spacial score (nSPS) is 23.9. The zero-order chi connectivity index (χ0) is 18.1. The molecule has 2 N–H and O–H groups in total. The molecule has 4 nitrogen and oxygen atoms in total. The van der Waals surface area contributed by atoms with Gasteiger partial charge in [0.2, 0.25) is 5.91 Å². The third kappa shape index (κ3) is 7.07. The van der Waals surface area contributed by atoms with Crippen LogP contribution >= 0.6 is 11.6 Å². The highest BCUT2D eigenvalue weighted by molar-refractivity contribution is 6.20. The van der Waals surface area contributed by atoms with Crippen molar-refractivity contribution in [2.75, 3.05) is 0 Å². The molecular weight excluding hydrogens is 338 g/mol. The van der Waals surface area contributed by atoms with Crippen molar-refractivity contribution in [2.45, 2.75) is 63.2 Å². The van der Waals surface area contributed by atoms with Crippen molar-refractivity contribution in [1.29, 1.82) is 0 Å². The fraction of sp³-hybridized carbons (Fsp3) is 0.600. The molecule has 1 aromatic carbocycles. The van der Waals surface area contributed by atoms with Crippen LogP contribution in [0.5, 0.6) is 5.75 Å². The number of alkyl halides is 1. The Morgan fingerprint density at radius 1 is 0.880 bits per heavy atom. The van der Waals surface area contributed by atoms with Crippen molar-refractivity contribution in [3.63, 3.8) is 0 Å². The quantitative estimate of drug-likeness (QED) is 0.489. The number of primary amides is 1. The smallest absolute Gasteiger partial charge is 0.314 e. The second-order valence-electron chi connectivity index (χ2n) is 6.92. The standard InChI is InChI=1S/C13H15ClO2.C7H13NO/c14-11-8-6-10(7-9-11)13(15)16-12-4-2-1-3-5-12;8-7(9)6-4-2-1-3-5-6/h1-5,10-11H,6-9H2;6H,1-5H2,(H2,8,9). The number of carbonyl (C=O) groups is 2. The fourth-order valence-corrected chi connectivity index (χ4v) is 3.62. The van der Waals surface area contributed by atoms with Gasteiger partial charge in [0.05, 0.1) is 5.92 Å². The third-order valence-corrected chi connectivity index (χ3v) is 5.40. The molecule has 0 aromatic heterocycles. The van der Waals surface area contributed by atoms with Gasteiger partial charge in [-0.3, -0.25) is 9.59 Å². The molecule has 2 aliphatic carbocycles. The van der Waals surface area contributed by atoms with E-state index in [1.165, 1.54) is 19.3 Å². The van der Waals surface area contributed by atoms with Gasteiger partial charge in [0.25, 0.3) is 0 Å². The Labute approximate surface area is 155 Å². The Bertz CT molecular complexity index is 535. The monoisotopic (exact) mass is 365 g/mol. The molecule has 2 fully saturated rings. The van der Waals surface area contributed by atoms with E-state index in [-0.39, 0.29) is 29.1 Å². The first-order chi connectivity index (χ1) is 12.1. The molecule has 0 heterocycles. The number of rotatable bonds is 3. The number of hydrogen-bond acceptors (Lipinski definition) is 3. The van der Waals surface area contributed by atoms with Crippen LogP contribution in [0.15, 0.2) is 30.3 Å². The maximum atomic E-state index is 11.8. The van der Waals surface area contributed by atoms with Crippen LogP contribution in [0.3, 0.4) is 0 Å². The van der Waals surface area contributed by atoms with Gasteiger partial charge in [-0.25, -0.2) is 0 Å². The predicted molar refractivity (Wildman–Crippen MR) is 99.4 cm³/mol. The van der Waals surface area contributed by atoms with Crippen LogP contribution in [0, 0.1) is 11.8 Å². The summed E-state index contributed by atoms with van der Waals surface area (Å²) < 4.78 is 5.31. The summed E-state index contributed by atoms with van der Waals surface area (Å²) in [4.78, 5) is 22.4. The van der Waals surface area contributed by atoms with Gasteiger partial charge in [0, 0.05) is 11.3 Å². The second-order valence-corrected chi connectivity index (χ2v) is 7.54. The average molecular weight is 366 g/mol. The maximum Gasteiger partial charge on any atom is 0.314 e. The molecule has 0 radical (unpaired) electrons. The van der Waals surface area contributed by atoms with Gasteiger partial charge in [-0.05, 0) is 50.7 Å². The van der Waals surface area contributed by atoms with Crippen molar-refractivity contribution < 1.29 is 14.3 Å². The van der Waals surface area contributed by atoms with Crippen LogP contribution in [0.4, 0.5) is 0 Å². The summed E-state index contributed by atoms with van der Waals surface area (Å²) in [5.41, 5.74) is 5.13. The van der Waals surface area contributed by atoms with Crippen LogP contribution in [0.25, 0.3) is 0 Å². The predicted octanol–water partition coefficient (Wildman–Crippen LogP) is 4.44. The van der Waals surface area contributed by atoms with E-state index < -0.39 is 0 Å². The first-order valence-corrected chi connectivity index (χ1v) is 9.70. The number of para-hydroxylation sites is 1.